The van der Waals surface area contributed by atoms with Crippen LogP contribution in [-0.4, -0.2) is 38.4 Å². The third-order valence-electron chi connectivity index (χ3n) is 3.20. The maximum absolute atomic E-state index is 12.8. The van der Waals surface area contributed by atoms with E-state index < -0.39 is 10.0 Å². The predicted octanol–water partition coefficient (Wildman–Crippen LogP) is 0.601. The third kappa shape index (κ3) is 3.49. The molecule has 1 heterocycles. The van der Waals surface area contributed by atoms with Crippen molar-refractivity contribution in [1.29, 1.82) is 5.26 Å². The van der Waals surface area contributed by atoms with Crippen LogP contribution in [0.3, 0.4) is 0 Å². The smallest absolute Gasteiger partial charge is 0.243 e. The molecule has 1 fully saturated rings. The van der Waals surface area contributed by atoms with Crippen LogP contribution in [-0.2, 0) is 10.0 Å². The number of sulfonamides is 1. The second-order valence-corrected chi connectivity index (χ2v) is 6.95. The van der Waals surface area contributed by atoms with Gasteiger partial charge in [0.2, 0.25) is 10.0 Å². The average Bonchev–Trinajstić information content (AvgIpc) is 2.98. The van der Waals surface area contributed by atoms with Gasteiger partial charge in [-0.3, -0.25) is 10.9 Å². The Bertz CT molecular complexity index is 672. The Morgan fingerprint density at radius 1 is 1.48 bits per heavy atom. The Kier molecular flexibility index (Phi) is 4.75. The van der Waals surface area contributed by atoms with Gasteiger partial charge in [-0.1, -0.05) is 18.2 Å². The van der Waals surface area contributed by atoms with Crippen LogP contribution in [0, 0.1) is 11.3 Å². The molecule has 6 nitrogen and oxygen atoms in total. The Labute approximate surface area is 125 Å². The summed E-state index contributed by atoms with van der Waals surface area (Å²) in [6, 6.07) is 7.85. The highest BCUT2D eigenvalue weighted by Gasteiger charge is 2.33. The van der Waals surface area contributed by atoms with Crippen molar-refractivity contribution < 1.29 is 8.42 Å². The van der Waals surface area contributed by atoms with E-state index in [0.29, 0.717) is 18.7 Å². The van der Waals surface area contributed by atoms with E-state index in [1.54, 1.807) is 19.1 Å². The zero-order valence-electron chi connectivity index (χ0n) is 11.8. The molecule has 0 bridgehead atoms. The van der Waals surface area contributed by atoms with Gasteiger partial charge in [0.25, 0.3) is 0 Å². The van der Waals surface area contributed by atoms with E-state index >= 15 is 0 Å². The van der Waals surface area contributed by atoms with Gasteiger partial charge in [0.1, 0.15) is 0 Å². The molecule has 2 N–H and O–H groups in total. The lowest BCUT2D eigenvalue weighted by atomic mass is 10.2. The molecule has 0 aliphatic carbocycles. The molecule has 1 aliphatic rings. The largest absolute Gasteiger partial charge is 0.256 e. The first-order valence-electron chi connectivity index (χ1n) is 6.57. The normalized spacial score (nSPS) is 16.0. The van der Waals surface area contributed by atoms with Gasteiger partial charge in [0.15, 0.2) is 0 Å². The molecule has 1 aromatic carbocycles. The van der Waals surface area contributed by atoms with E-state index in [-0.39, 0.29) is 17.5 Å². The Balaban J connectivity index is 2.40. The van der Waals surface area contributed by atoms with Crippen LogP contribution in [0.15, 0.2) is 41.3 Å². The molecule has 2 rings (SSSR count). The molecule has 0 aromatic heterocycles. The summed E-state index contributed by atoms with van der Waals surface area (Å²) >= 11 is 0. The first-order valence-corrected chi connectivity index (χ1v) is 8.01. The quantitative estimate of drug-likeness (QED) is 0.778. The summed E-state index contributed by atoms with van der Waals surface area (Å²) in [7, 11) is -3.67. The summed E-state index contributed by atoms with van der Waals surface area (Å²) in [4.78, 5) is 0.134. The van der Waals surface area contributed by atoms with E-state index in [4.69, 9.17) is 5.26 Å². The zero-order valence-corrected chi connectivity index (χ0v) is 12.7. The number of benzene rings is 1. The van der Waals surface area contributed by atoms with Crippen LogP contribution in [0.2, 0.25) is 0 Å². The molecule has 21 heavy (non-hydrogen) atoms. The minimum Gasteiger partial charge on any atom is -0.256 e. The number of nitrogens with zero attached hydrogens (tertiary/aromatic N) is 2. The van der Waals surface area contributed by atoms with Crippen LogP contribution in [0.1, 0.15) is 12.5 Å². The monoisotopic (exact) mass is 306 g/mol. The van der Waals surface area contributed by atoms with Crippen LogP contribution in [0.4, 0.5) is 0 Å². The highest BCUT2D eigenvalue weighted by molar-refractivity contribution is 7.89. The minimum absolute atomic E-state index is 0.134. The molecule has 1 saturated heterocycles. The van der Waals surface area contributed by atoms with Crippen molar-refractivity contribution in [2.24, 2.45) is 0 Å². The summed E-state index contributed by atoms with van der Waals surface area (Å²) < 4.78 is 27.1. The lowest BCUT2D eigenvalue weighted by Gasteiger charge is -2.27. The molecular formula is C14H18N4O2S. The van der Waals surface area contributed by atoms with E-state index in [1.807, 2.05) is 6.07 Å². The Morgan fingerprint density at radius 2 is 2.14 bits per heavy atom. The SMILES string of the molecule is C=C(C)CN(C1CNNC1)S(=O)(=O)c1cccc(C#N)c1. The first-order chi connectivity index (χ1) is 9.95. The Hall–Kier alpha value is -1.72. The molecule has 0 unspecified atom stereocenters. The number of nitriles is 1. The van der Waals surface area contributed by atoms with Crippen molar-refractivity contribution in [2.75, 3.05) is 19.6 Å². The highest BCUT2D eigenvalue weighted by Crippen LogP contribution is 2.21. The molecule has 7 heteroatoms. The van der Waals surface area contributed by atoms with Gasteiger partial charge in [-0.15, -0.1) is 0 Å². The highest BCUT2D eigenvalue weighted by atomic mass is 32.2. The van der Waals surface area contributed by atoms with Crippen molar-refractivity contribution in [2.45, 2.75) is 17.9 Å². The molecule has 0 amide bonds. The predicted molar refractivity (Wildman–Crippen MR) is 79.7 cm³/mol. The second kappa shape index (κ2) is 6.37. The summed E-state index contributed by atoms with van der Waals surface area (Å²) in [6.45, 7) is 6.93. The first kappa shape index (κ1) is 15.7. The van der Waals surface area contributed by atoms with Crippen molar-refractivity contribution in [3.63, 3.8) is 0 Å². The van der Waals surface area contributed by atoms with Crippen LogP contribution in [0.5, 0.6) is 0 Å². The number of rotatable bonds is 5. The van der Waals surface area contributed by atoms with Gasteiger partial charge in [-0.25, -0.2) is 8.42 Å². The van der Waals surface area contributed by atoms with Crippen molar-refractivity contribution >= 4 is 10.0 Å². The summed E-state index contributed by atoms with van der Waals surface area (Å²) in [5.74, 6) is 0. The van der Waals surface area contributed by atoms with Gasteiger partial charge in [0, 0.05) is 19.6 Å². The molecular weight excluding hydrogens is 288 g/mol. The van der Waals surface area contributed by atoms with E-state index in [2.05, 4.69) is 17.4 Å². The standard InChI is InChI=1S/C14H18N4O2S/c1-11(2)10-18(13-8-16-17-9-13)21(19,20)14-5-3-4-12(6-14)7-15/h3-6,13,16-17H,1,8-10H2,2H3. The molecule has 112 valence electrons. The third-order valence-corrected chi connectivity index (χ3v) is 5.10. The molecule has 0 spiro atoms. The van der Waals surface area contributed by atoms with Gasteiger partial charge in [-0.05, 0) is 25.1 Å². The molecule has 0 radical (unpaired) electrons. The summed E-state index contributed by atoms with van der Waals surface area (Å²) in [6.07, 6.45) is 0. The van der Waals surface area contributed by atoms with Crippen LogP contribution < -0.4 is 10.9 Å². The lowest BCUT2D eigenvalue weighted by molar-refractivity contribution is 0.366. The second-order valence-electron chi connectivity index (χ2n) is 5.06. The van der Waals surface area contributed by atoms with E-state index in [9.17, 15) is 8.42 Å². The van der Waals surface area contributed by atoms with Crippen LogP contribution in [0.25, 0.3) is 0 Å². The molecule has 1 aromatic rings. The summed E-state index contributed by atoms with van der Waals surface area (Å²) in [5.41, 5.74) is 6.96. The number of hydrogen-bond acceptors (Lipinski definition) is 5. The fourth-order valence-corrected chi connectivity index (χ4v) is 3.92. The zero-order chi connectivity index (χ0) is 15.5. The molecule has 1 aliphatic heterocycles. The number of hydrogen-bond donors (Lipinski definition) is 2. The fraction of sp³-hybridized carbons (Fsp3) is 0.357. The Morgan fingerprint density at radius 3 is 2.71 bits per heavy atom. The average molecular weight is 306 g/mol. The number of hydrazine groups is 1. The van der Waals surface area contributed by atoms with Gasteiger partial charge in [-0.2, -0.15) is 9.57 Å². The minimum atomic E-state index is -3.67. The maximum Gasteiger partial charge on any atom is 0.243 e. The van der Waals surface area contributed by atoms with Gasteiger partial charge < -0.3 is 0 Å². The van der Waals surface area contributed by atoms with Crippen molar-refractivity contribution in [1.82, 2.24) is 15.2 Å². The lowest BCUT2D eigenvalue weighted by Crippen LogP contribution is -2.44. The maximum atomic E-state index is 12.8. The topological polar surface area (TPSA) is 85.2 Å². The molecule has 0 atom stereocenters. The van der Waals surface area contributed by atoms with E-state index in [1.165, 1.54) is 16.4 Å². The summed E-state index contributed by atoms with van der Waals surface area (Å²) in [5, 5.41) is 8.93. The van der Waals surface area contributed by atoms with Gasteiger partial charge >= 0.3 is 0 Å². The van der Waals surface area contributed by atoms with Crippen LogP contribution >= 0.6 is 0 Å². The molecule has 0 saturated carbocycles. The van der Waals surface area contributed by atoms with Crippen molar-refractivity contribution in [3.05, 3.63) is 42.0 Å². The van der Waals surface area contributed by atoms with Gasteiger partial charge in [0.05, 0.1) is 22.6 Å². The van der Waals surface area contributed by atoms with Crippen molar-refractivity contribution in [3.8, 4) is 6.07 Å². The van der Waals surface area contributed by atoms with E-state index in [0.717, 1.165) is 5.57 Å². The number of nitrogens with one attached hydrogen (secondary N) is 2. The fourth-order valence-electron chi connectivity index (χ4n) is 2.19.